The Bertz CT molecular complexity index is 578. The third-order valence-electron chi connectivity index (χ3n) is 3.79. The summed E-state index contributed by atoms with van der Waals surface area (Å²) in [5.41, 5.74) is 2.13. The number of rotatable bonds is 4. The number of likely N-dealkylation sites (N-methyl/N-ethyl adjacent to an activating group) is 1. The van der Waals surface area contributed by atoms with Gasteiger partial charge in [-0.2, -0.15) is 0 Å². The fraction of sp³-hybridized carbons (Fsp3) is 0.533. The number of benzene rings is 1. The summed E-state index contributed by atoms with van der Waals surface area (Å²) in [5, 5.41) is 0. The van der Waals surface area contributed by atoms with Crippen LogP contribution in [0.1, 0.15) is 24.5 Å². The minimum Gasteiger partial charge on any atom is -0.339 e. The smallest absolute Gasteiger partial charge is 0.227 e. The van der Waals surface area contributed by atoms with E-state index in [1.165, 1.54) is 0 Å². The molecule has 0 N–H and O–H groups in total. The van der Waals surface area contributed by atoms with Crippen LogP contribution in [-0.4, -0.2) is 43.3 Å². The zero-order chi connectivity index (χ0) is 14.8. The summed E-state index contributed by atoms with van der Waals surface area (Å²) in [6.45, 7) is 4.47. The Morgan fingerprint density at radius 1 is 1.30 bits per heavy atom. The van der Waals surface area contributed by atoms with E-state index in [0.29, 0.717) is 19.4 Å². The number of nitrogens with zero attached hydrogens (tertiary/aromatic N) is 1. The van der Waals surface area contributed by atoms with Crippen LogP contribution in [0, 0.1) is 6.92 Å². The average Bonchev–Trinajstić information content (AvgIpc) is 2.73. The van der Waals surface area contributed by atoms with Crippen LogP contribution in [0.2, 0.25) is 0 Å². The first-order chi connectivity index (χ1) is 9.41. The van der Waals surface area contributed by atoms with E-state index in [-0.39, 0.29) is 23.5 Å². The zero-order valence-corrected chi connectivity index (χ0v) is 12.8. The monoisotopic (exact) mass is 295 g/mol. The van der Waals surface area contributed by atoms with E-state index in [4.69, 9.17) is 0 Å². The Hall–Kier alpha value is -1.36. The molecule has 0 aliphatic carbocycles. The van der Waals surface area contributed by atoms with Crippen LogP contribution in [-0.2, 0) is 21.1 Å². The Labute approximate surface area is 120 Å². The molecule has 1 aliphatic heterocycles. The predicted molar refractivity (Wildman–Crippen MR) is 79.3 cm³/mol. The molecule has 1 fully saturated rings. The lowest BCUT2D eigenvalue weighted by Gasteiger charge is -2.27. The molecular weight excluding hydrogens is 274 g/mol. The normalized spacial score (nSPS) is 20.8. The second-order valence-electron chi connectivity index (χ2n) is 5.40. The first-order valence-electron chi connectivity index (χ1n) is 6.96. The van der Waals surface area contributed by atoms with E-state index in [1.807, 2.05) is 38.1 Å². The Morgan fingerprint density at radius 3 is 2.45 bits per heavy atom. The maximum absolute atomic E-state index is 12.4. The van der Waals surface area contributed by atoms with Crippen molar-refractivity contribution in [2.75, 3.05) is 18.1 Å². The molecule has 0 spiro atoms. The summed E-state index contributed by atoms with van der Waals surface area (Å²) in [4.78, 5) is 14.1. The number of amides is 1. The molecule has 0 radical (unpaired) electrons. The van der Waals surface area contributed by atoms with Gasteiger partial charge in [-0.25, -0.2) is 8.42 Å². The van der Waals surface area contributed by atoms with Gasteiger partial charge in [0, 0.05) is 12.6 Å². The Morgan fingerprint density at radius 2 is 1.95 bits per heavy atom. The van der Waals surface area contributed by atoms with Gasteiger partial charge < -0.3 is 4.90 Å². The standard InChI is InChI=1S/C15H21NO3S/c1-3-16(14-8-9-20(18,19)11-14)15(17)10-13-6-4-12(2)5-7-13/h4-7,14H,3,8-11H2,1-2H3. The van der Waals surface area contributed by atoms with Gasteiger partial charge >= 0.3 is 0 Å². The SMILES string of the molecule is CCN(C(=O)Cc1ccc(C)cc1)C1CCS(=O)(=O)C1. The number of carbonyl (C=O) groups is 1. The van der Waals surface area contributed by atoms with Gasteiger partial charge in [0.1, 0.15) is 0 Å². The molecule has 1 amide bonds. The van der Waals surface area contributed by atoms with E-state index < -0.39 is 9.84 Å². The molecule has 5 heteroatoms. The molecule has 0 saturated carbocycles. The molecule has 1 unspecified atom stereocenters. The first-order valence-corrected chi connectivity index (χ1v) is 8.79. The van der Waals surface area contributed by atoms with E-state index in [0.717, 1.165) is 11.1 Å². The van der Waals surface area contributed by atoms with Gasteiger partial charge in [0.25, 0.3) is 0 Å². The van der Waals surface area contributed by atoms with Crippen molar-refractivity contribution >= 4 is 15.7 Å². The van der Waals surface area contributed by atoms with E-state index in [1.54, 1.807) is 4.90 Å². The minimum atomic E-state index is -2.96. The van der Waals surface area contributed by atoms with Crippen LogP contribution >= 0.6 is 0 Å². The van der Waals surface area contributed by atoms with Crippen LogP contribution in [0.25, 0.3) is 0 Å². The van der Waals surface area contributed by atoms with Gasteiger partial charge in [0.15, 0.2) is 9.84 Å². The van der Waals surface area contributed by atoms with Crippen LogP contribution < -0.4 is 0 Å². The lowest BCUT2D eigenvalue weighted by molar-refractivity contribution is -0.132. The van der Waals surface area contributed by atoms with Gasteiger partial charge in [0.2, 0.25) is 5.91 Å². The van der Waals surface area contributed by atoms with Gasteiger partial charge in [-0.3, -0.25) is 4.79 Å². The third-order valence-corrected chi connectivity index (χ3v) is 5.54. The highest BCUT2D eigenvalue weighted by Gasteiger charge is 2.33. The van der Waals surface area contributed by atoms with Gasteiger partial charge in [-0.05, 0) is 25.8 Å². The summed E-state index contributed by atoms with van der Waals surface area (Å²) in [5.74, 6) is 0.324. The number of hydrogen-bond acceptors (Lipinski definition) is 3. The van der Waals surface area contributed by atoms with Crippen molar-refractivity contribution in [2.45, 2.75) is 32.7 Å². The van der Waals surface area contributed by atoms with Crippen molar-refractivity contribution in [1.29, 1.82) is 0 Å². The Balaban J connectivity index is 2.04. The fourth-order valence-corrected chi connectivity index (χ4v) is 4.37. The van der Waals surface area contributed by atoms with Gasteiger partial charge in [-0.1, -0.05) is 29.8 Å². The number of aryl methyl sites for hydroxylation is 1. The third kappa shape index (κ3) is 3.60. The summed E-state index contributed by atoms with van der Waals surface area (Å²) in [6.07, 6.45) is 0.903. The Kier molecular flexibility index (Phi) is 4.48. The largest absolute Gasteiger partial charge is 0.339 e. The first kappa shape index (κ1) is 15.0. The molecule has 1 heterocycles. The van der Waals surface area contributed by atoms with Crippen molar-refractivity contribution in [3.63, 3.8) is 0 Å². The van der Waals surface area contributed by atoms with Crippen molar-refractivity contribution in [2.24, 2.45) is 0 Å². The molecule has 2 rings (SSSR count). The molecule has 1 aliphatic rings. The van der Waals surface area contributed by atoms with Crippen LogP contribution in [0.4, 0.5) is 0 Å². The zero-order valence-electron chi connectivity index (χ0n) is 12.0. The summed E-state index contributed by atoms with van der Waals surface area (Å²) in [7, 11) is -2.96. The van der Waals surface area contributed by atoms with Crippen molar-refractivity contribution in [1.82, 2.24) is 4.90 Å². The molecule has 110 valence electrons. The molecule has 1 atom stereocenters. The van der Waals surface area contributed by atoms with Crippen molar-refractivity contribution in [3.8, 4) is 0 Å². The van der Waals surface area contributed by atoms with Crippen molar-refractivity contribution in [3.05, 3.63) is 35.4 Å². The van der Waals surface area contributed by atoms with E-state index in [9.17, 15) is 13.2 Å². The highest BCUT2D eigenvalue weighted by atomic mass is 32.2. The lowest BCUT2D eigenvalue weighted by Crippen LogP contribution is -2.41. The molecule has 4 nitrogen and oxygen atoms in total. The molecular formula is C15H21NO3S. The molecule has 0 aromatic heterocycles. The van der Waals surface area contributed by atoms with Crippen molar-refractivity contribution < 1.29 is 13.2 Å². The fourth-order valence-electron chi connectivity index (χ4n) is 2.64. The highest BCUT2D eigenvalue weighted by Crippen LogP contribution is 2.18. The quantitative estimate of drug-likeness (QED) is 0.847. The molecule has 0 bridgehead atoms. The summed E-state index contributed by atoms with van der Waals surface area (Å²) in [6, 6.07) is 7.72. The molecule has 1 aromatic carbocycles. The number of hydrogen-bond donors (Lipinski definition) is 0. The average molecular weight is 295 g/mol. The summed E-state index contributed by atoms with van der Waals surface area (Å²) < 4.78 is 23.1. The predicted octanol–water partition coefficient (Wildman–Crippen LogP) is 1.57. The molecule has 1 saturated heterocycles. The maximum atomic E-state index is 12.4. The lowest BCUT2D eigenvalue weighted by atomic mass is 10.1. The maximum Gasteiger partial charge on any atom is 0.227 e. The number of sulfone groups is 1. The molecule has 1 aromatic rings. The second-order valence-corrected chi connectivity index (χ2v) is 7.63. The van der Waals surface area contributed by atoms with E-state index in [2.05, 4.69) is 0 Å². The van der Waals surface area contributed by atoms with Crippen LogP contribution in [0.5, 0.6) is 0 Å². The minimum absolute atomic E-state index is 0.0125. The molecule has 20 heavy (non-hydrogen) atoms. The van der Waals surface area contributed by atoms with Gasteiger partial charge in [-0.15, -0.1) is 0 Å². The van der Waals surface area contributed by atoms with Gasteiger partial charge in [0.05, 0.1) is 17.9 Å². The summed E-state index contributed by atoms with van der Waals surface area (Å²) >= 11 is 0. The van der Waals surface area contributed by atoms with E-state index >= 15 is 0 Å². The highest BCUT2D eigenvalue weighted by molar-refractivity contribution is 7.91. The topological polar surface area (TPSA) is 54.5 Å². The second kappa shape index (κ2) is 5.95. The van der Waals surface area contributed by atoms with Crippen LogP contribution in [0.3, 0.4) is 0 Å². The van der Waals surface area contributed by atoms with Crippen LogP contribution in [0.15, 0.2) is 24.3 Å². The number of carbonyl (C=O) groups excluding carboxylic acids is 1.